The molecule has 0 saturated carbocycles. The van der Waals surface area contributed by atoms with E-state index in [1.165, 1.54) is 19.0 Å². The molecule has 34 heavy (non-hydrogen) atoms. The van der Waals surface area contributed by atoms with E-state index in [0.717, 1.165) is 0 Å². The molecule has 0 bridgehead atoms. The number of likely N-dealkylation sites (N-methyl/N-ethyl adjacent to an activating group) is 1. The largest absolute Gasteiger partial charge is 0.510 e. The number of halogens is 3. The lowest BCUT2D eigenvalue weighted by Gasteiger charge is -2.50. The maximum atomic E-state index is 13.6. The number of Topliss-reactive ketones (excluding diaryl/α,β-unsaturated/α-hetero) is 2. The van der Waals surface area contributed by atoms with Gasteiger partial charge in [-0.3, -0.25) is 19.3 Å². The summed E-state index contributed by atoms with van der Waals surface area (Å²) >= 11 is 0. The highest BCUT2D eigenvalue weighted by Crippen LogP contribution is 2.53. The molecule has 0 spiro atoms. The van der Waals surface area contributed by atoms with Gasteiger partial charge in [-0.1, -0.05) is 0 Å². The number of nitrogens with two attached hydrogens (primary N) is 1. The summed E-state index contributed by atoms with van der Waals surface area (Å²) in [5.41, 5.74) is -1.38. The topological polar surface area (TPSA) is 161 Å². The maximum Gasteiger partial charge on any atom is 0.416 e. The van der Waals surface area contributed by atoms with Crippen LogP contribution in [0.3, 0.4) is 0 Å². The van der Waals surface area contributed by atoms with Crippen molar-refractivity contribution >= 4 is 17.5 Å². The molecule has 9 nitrogen and oxygen atoms in total. The number of rotatable bonds is 2. The lowest BCUT2D eigenvalue weighted by molar-refractivity contribution is -0.148. The molecular formula is C22H21F3N2O7. The van der Waals surface area contributed by atoms with Gasteiger partial charge in [-0.2, -0.15) is 13.2 Å². The lowest BCUT2D eigenvalue weighted by Crippen LogP contribution is -2.63. The highest BCUT2D eigenvalue weighted by molar-refractivity contribution is 6.24. The van der Waals surface area contributed by atoms with Crippen molar-refractivity contribution in [2.45, 2.75) is 30.7 Å². The Labute approximate surface area is 190 Å². The van der Waals surface area contributed by atoms with Crippen molar-refractivity contribution in [1.82, 2.24) is 4.90 Å². The number of carbonyl (C=O) groups is 3. The average molecular weight is 482 g/mol. The van der Waals surface area contributed by atoms with E-state index < -0.39 is 98.7 Å². The van der Waals surface area contributed by atoms with Crippen LogP contribution in [0, 0.1) is 11.8 Å². The Morgan fingerprint density at radius 1 is 1.18 bits per heavy atom. The number of aromatic hydroxyl groups is 1. The molecule has 0 saturated heterocycles. The van der Waals surface area contributed by atoms with Crippen molar-refractivity contribution < 1.29 is 48.0 Å². The number of fused-ring (bicyclic) bond motifs is 3. The molecule has 0 aliphatic heterocycles. The number of hydrogen-bond donors (Lipinski definition) is 5. The monoisotopic (exact) mass is 482 g/mol. The Morgan fingerprint density at radius 2 is 1.79 bits per heavy atom. The zero-order valence-electron chi connectivity index (χ0n) is 18.0. The summed E-state index contributed by atoms with van der Waals surface area (Å²) in [7, 11) is 2.90. The maximum absolute atomic E-state index is 13.6. The first-order valence-corrected chi connectivity index (χ1v) is 10.2. The molecule has 0 unspecified atom stereocenters. The third-order valence-electron chi connectivity index (χ3n) is 6.91. The summed E-state index contributed by atoms with van der Waals surface area (Å²) in [6.45, 7) is 0. The minimum atomic E-state index is -4.83. The smallest absolute Gasteiger partial charge is 0.416 e. The second-order valence-electron chi connectivity index (χ2n) is 8.95. The predicted molar refractivity (Wildman–Crippen MR) is 109 cm³/mol. The van der Waals surface area contributed by atoms with Crippen LogP contribution in [-0.2, 0) is 22.2 Å². The number of allylic oxidation sites excluding steroid dienone is 1. The number of amides is 1. The number of aliphatic hydroxyl groups excluding tert-OH is 2. The molecular weight excluding hydrogens is 461 g/mol. The van der Waals surface area contributed by atoms with Crippen LogP contribution in [0.1, 0.15) is 27.9 Å². The third-order valence-corrected chi connectivity index (χ3v) is 6.91. The molecule has 0 radical (unpaired) electrons. The summed E-state index contributed by atoms with van der Waals surface area (Å²) in [6, 6.07) is 0.129. The summed E-state index contributed by atoms with van der Waals surface area (Å²) < 4.78 is 40.9. The fraction of sp³-hybridized carbons (Fsp3) is 0.409. The van der Waals surface area contributed by atoms with E-state index in [9.17, 15) is 48.0 Å². The van der Waals surface area contributed by atoms with Gasteiger partial charge >= 0.3 is 6.18 Å². The van der Waals surface area contributed by atoms with Crippen LogP contribution in [-0.4, -0.2) is 68.5 Å². The van der Waals surface area contributed by atoms with Crippen LogP contribution in [0.15, 0.2) is 34.8 Å². The standard InChI is InChI=1S/C22H21F3N2O7/c1-27(2)15-10-6-7-5-8-9(22(23,24)25)3-4-11(28)13(8)16(29)12(7)18(31)21(10,34)19(32)14(17(15)30)20(26)33/h3-4,7,10,15,28,30-31,34H,5-6H2,1-2H3,(H2,26,33)/t7-,10-,15-,21-/m0/s1. The molecule has 4 rings (SSSR count). The zero-order valence-corrected chi connectivity index (χ0v) is 18.0. The Balaban J connectivity index is 1.98. The first kappa shape index (κ1) is 23.8. The van der Waals surface area contributed by atoms with Gasteiger partial charge in [-0.15, -0.1) is 0 Å². The van der Waals surface area contributed by atoms with Gasteiger partial charge in [0.25, 0.3) is 5.91 Å². The summed E-state index contributed by atoms with van der Waals surface area (Å²) in [6.07, 6.45) is -5.56. The molecule has 1 amide bonds. The number of benzene rings is 1. The van der Waals surface area contributed by atoms with Crippen molar-refractivity contribution in [2.75, 3.05) is 14.1 Å². The van der Waals surface area contributed by atoms with Gasteiger partial charge in [-0.05, 0) is 50.6 Å². The number of alkyl halides is 3. The zero-order chi connectivity index (χ0) is 25.5. The van der Waals surface area contributed by atoms with E-state index in [0.29, 0.717) is 12.1 Å². The van der Waals surface area contributed by atoms with E-state index in [-0.39, 0.29) is 6.42 Å². The molecule has 12 heteroatoms. The molecule has 6 N–H and O–H groups in total. The first-order valence-electron chi connectivity index (χ1n) is 10.2. The number of carbonyl (C=O) groups excluding carboxylic acids is 3. The van der Waals surface area contributed by atoms with E-state index in [1.54, 1.807) is 0 Å². The number of primary amides is 1. The van der Waals surface area contributed by atoms with E-state index in [1.807, 2.05) is 0 Å². The number of nitrogens with zero attached hydrogens (tertiary/aromatic N) is 1. The molecule has 1 aromatic carbocycles. The fourth-order valence-electron chi connectivity index (χ4n) is 5.52. The van der Waals surface area contributed by atoms with E-state index in [4.69, 9.17) is 5.73 Å². The summed E-state index contributed by atoms with van der Waals surface area (Å²) in [4.78, 5) is 39.6. The minimum absolute atomic E-state index is 0.293. The van der Waals surface area contributed by atoms with Crippen molar-refractivity contribution in [1.29, 1.82) is 0 Å². The molecule has 3 aliphatic rings. The number of aliphatic hydroxyl groups is 3. The average Bonchev–Trinajstić information content (AvgIpc) is 2.69. The fourth-order valence-corrected chi connectivity index (χ4v) is 5.52. The molecule has 3 aliphatic carbocycles. The molecule has 0 fully saturated rings. The predicted octanol–water partition coefficient (Wildman–Crippen LogP) is 1.14. The Hall–Kier alpha value is -3.38. The van der Waals surface area contributed by atoms with Crippen LogP contribution in [0.2, 0.25) is 0 Å². The van der Waals surface area contributed by atoms with Crippen LogP contribution < -0.4 is 5.73 Å². The van der Waals surface area contributed by atoms with Gasteiger partial charge in [0, 0.05) is 11.5 Å². The van der Waals surface area contributed by atoms with Crippen molar-refractivity contribution in [3.63, 3.8) is 0 Å². The number of hydrogen-bond acceptors (Lipinski definition) is 8. The highest BCUT2D eigenvalue weighted by atomic mass is 19.4. The number of ketones is 2. The summed E-state index contributed by atoms with van der Waals surface area (Å²) in [5, 5.41) is 43.3. The van der Waals surface area contributed by atoms with Gasteiger partial charge < -0.3 is 26.2 Å². The number of phenols is 1. The Bertz CT molecular complexity index is 1220. The van der Waals surface area contributed by atoms with Crippen molar-refractivity contribution in [2.24, 2.45) is 17.6 Å². The lowest BCUT2D eigenvalue weighted by atomic mass is 9.58. The minimum Gasteiger partial charge on any atom is -0.510 e. The highest BCUT2D eigenvalue weighted by Gasteiger charge is 2.63. The molecule has 1 aromatic rings. The third kappa shape index (κ3) is 2.98. The molecule has 0 heterocycles. The quantitative estimate of drug-likeness (QED) is 0.392. The molecule has 182 valence electrons. The molecule has 0 aromatic heterocycles. The van der Waals surface area contributed by atoms with Gasteiger partial charge in [0.15, 0.2) is 11.4 Å². The summed E-state index contributed by atoms with van der Waals surface area (Å²) in [5.74, 6) is -9.00. The Morgan fingerprint density at radius 3 is 2.32 bits per heavy atom. The van der Waals surface area contributed by atoms with Crippen LogP contribution in [0.25, 0.3) is 0 Å². The van der Waals surface area contributed by atoms with Gasteiger partial charge in [-0.25, -0.2) is 0 Å². The van der Waals surface area contributed by atoms with E-state index in [2.05, 4.69) is 0 Å². The first-order chi connectivity index (χ1) is 15.6. The normalized spacial score (nSPS) is 29.2. The second kappa shape index (κ2) is 7.31. The Kier molecular flexibility index (Phi) is 5.11. The van der Waals surface area contributed by atoms with E-state index >= 15 is 0 Å². The van der Waals surface area contributed by atoms with Crippen molar-refractivity contribution in [3.05, 3.63) is 51.5 Å². The van der Waals surface area contributed by atoms with Crippen LogP contribution in [0.5, 0.6) is 5.75 Å². The molecule has 4 atom stereocenters. The van der Waals surface area contributed by atoms with Crippen LogP contribution in [0.4, 0.5) is 13.2 Å². The second-order valence-corrected chi connectivity index (χ2v) is 8.95. The SMILES string of the molecule is CN(C)[C@@H]1C(O)=C(C(N)=O)C(=O)[C@@]2(O)C(O)=C3C(=O)c4c(O)ccc(C(F)(F)F)c4C[C@H]3C[C@@H]12. The van der Waals surface area contributed by atoms with Crippen LogP contribution >= 0.6 is 0 Å². The van der Waals surface area contributed by atoms with Gasteiger partial charge in [0.1, 0.15) is 22.8 Å². The van der Waals surface area contributed by atoms with Gasteiger partial charge in [0.2, 0.25) is 5.78 Å². The van der Waals surface area contributed by atoms with Crippen molar-refractivity contribution in [3.8, 4) is 5.75 Å². The number of phenolic OH excluding ortho intramolecular Hbond substituents is 1. The van der Waals surface area contributed by atoms with Gasteiger partial charge in [0.05, 0.1) is 17.2 Å².